The zero-order valence-electron chi connectivity index (χ0n) is 16.2. The first kappa shape index (κ1) is 19.4. The number of nitrogens with zero attached hydrogens (tertiary/aromatic N) is 2. The van der Waals surface area contributed by atoms with Crippen LogP contribution in [0.1, 0.15) is 22.3 Å². The molecule has 4 rings (SSSR count). The Balaban J connectivity index is 1.62. The summed E-state index contributed by atoms with van der Waals surface area (Å²) >= 11 is 0. The SMILES string of the molecule is Cc1ccc(S(=O)(=O)N2C/C(=N\OCc3ccccc3)c3ccccc3C2)cc1. The lowest BCUT2D eigenvalue weighted by Gasteiger charge is -2.28. The molecule has 0 N–H and O–H groups in total. The summed E-state index contributed by atoms with van der Waals surface area (Å²) in [5, 5.41) is 4.30. The van der Waals surface area contributed by atoms with Crippen molar-refractivity contribution in [1.82, 2.24) is 4.31 Å². The Labute approximate surface area is 171 Å². The van der Waals surface area contributed by atoms with E-state index in [1.165, 1.54) is 4.31 Å². The smallest absolute Gasteiger partial charge is 0.243 e. The molecule has 0 spiro atoms. The highest BCUT2D eigenvalue weighted by Gasteiger charge is 2.31. The van der Waals surface area contributed by atoms with Crippen molar-refractivity contribution in [2.24, 2.45) is 5.16 Å². The van der Waals surface area contributed by atoms with E-state index < -0.39 is 10.0 Å². The predicted molar refractivity (Wildman–Crippen MR) is 113 cm³/mol. The van der Waals surface area contributed by atoms with Crippen molar-refractivity contribution in [3.05, 3.63) is 101 Å². The Hall–Kier alpha value is -2.96. The van der Waals surface area contributed by atoms with Crippen LogP contribution in [0.3, 0.4) is 0 Å². The summed E-state index contributed by atoms with van der Waals surface area (Å²) in [5.74, 6) is 0. The maximum atomic E-state index is 13.2. The van der Waals surface area contributed by atoms with Crippen LogP contribution in [0, 0.1) is 6.92 Å². The lowest BCUT2D eigenvalue weighted by atomic mass is 10.00. The molecule has 3 aromatic rings. The largest absolute Gasteiger partial charge is 0.391 e. The topological polar surface area (TPSA) is 59.0 Å². The van der Waals surface area contributed by atoms with E-state index in [-0.39, 0.29) is 11.4 Å². The first-order valence-electron chi connectivity index (χ1n) is 9.42. The summed E-state index contributed by atoms with van der Waals surface area (Å²) in [4.78, 5) is 5.85. The fraction of sp³-hybridized carbons (Fsp3) is 0.174. The van der Waals surface area contributed by atoms with Gasteiger partial charge in [-0.3, -0.25) is 0 Å². The quantitative estimate of drug-likeness (QED) is 0.599. The number of hydrogen-bond acceptors (Lipinski definition) is 4. The molecule has 0 amide bonds. The summed E-state index contributed by atoms with van der Waals surface area (Å²) in [6.45, 7) is 2.74. The fourth-order valence-corrected chi connectivity index (χ4v) is 4.68. The standard InChI is InChI=1S/C23H22N2O3S/c1-18-11-13-21(14-12-18)29(26,27)25-15-20-9-5-6-10-22(20)23(16-25)24-28-17-19-7-3-2-4-8-19/h2-14H,15-17H2,1H3/b24-23+. The molecule has 0 unspecified atom stereocenters. The highest BCUT2D eigenvalue weighted by atomic mass is 32.2. The third kappa shape index (κ3) is 4.23. The van der Waals surface area contributed by atoms with Gasteiger partial charge in [-0.1, -0.05) is 77.4 Å². The molecule has 148 valence electrons. The van der Waals surface area contributed by atoms with Gasteiger partial charge in [-0.15, -0.1) is 0 Å². The molecular weight excluding hydrogens is 384 g/mol. The van der Waals surface area contributed by atoms with Crippen molar-refractivity contribution in [2.45, 2.75) is 25.0 Å². The molecule has 6 heteroatoms. The molecule has 0 saturated heterocycles. The minimum Gasteiger partial charge on any atom is -0.391 e. The average Bonchev–Trinajstić information content (AvgIpc) is 2.74. The summed E-state index contributed by atoms with van der Waals surface area (Å²) < 4.78 is 27.8. The third-order valence-electron chi connectivity index (χ3n) is 4.91. The summed E-state index contributed by atoms with van der Waals surface area (Å²) in [5.41, 5.74) is 4.47. The zero-order valence-corrected chi connectivity index (χ0v) is 17.0. The average molecular weight is 407 g/mol. The maximum absolute atomic E-state index is 13.2. The molecule has 1 aliphatic heterocycles. The highest BCUT2D eigenvalue weighted by Crippen LogP contribution is 2.25. The zero-order chi connectivity index (χ0) is 20.3. The molecule has 0 atom stereocenters. The van der Waals surface area contributed by atoms with Gasteiger partial charge in [0.25, 0.3) is 0 Å². The molecular formula is C23H22N2O3S. The van der Waals surface area contributed by atoms with E-state index in [0.29, 0.717) is 18.9 Å². The van der Waals surface area contributed by atoms with Crippen LogP contribution >= 0.6 is 0 Å². The van der Waals surface area contributed by atoms with Crippen LogP contribution in [0.4, 0.5) is 0 Å². The van der Waals surface area contributed by atoms with Crippen molar-refractivity contribution in [2.75, 3.05) is 6.54 Å². The van der Waals surface area contributed by atoms with E-state index in [4.69, 9.17) is 4.84 Å². The van der Waals surface area contributed by atoms with Crippen LogP contribution in [0.15, 0.2) is 88.9 Å². The monoisotopic (exact) mass is 406 g/mol. The molecule has 0 fully saturated rings. The minimum absolute atomic E-state index is 0.169. The van der Waals surface area contributed by atoms with Gasteiger partial charge in [0.15, 0.2) is 0 Å². The van der Waals surface area contributed by atoms with Gasteiger partial charge in [0.1, 0.15) is 12.3 Å². The Morgan fingerprint density at radius 1 is 0.897 bits per heavy atom. The van der Waals surface area contributed by atoms with E-state index in [1.54, 1.807) is 12.1 Å². The Morgan fingerprint density at radius 2 is 1.59 bits per heavy atom. The normalized spacial score (nSPS) is 15.8. The Kier molecular flexibility index (Phi) is 5.47. The van der Waals surface area contributed by atoms with Gasteiger partial charge in [-0.25, -0.2) is 8.42 Å². The summed E-state index contributed by atoms with van der Waals surface area (Å²) in [6.07, 6.45) is 0. The molecule has 1 aliphatic rings. The van der Waals surface area contributed by atoms with Crippen molar-refractivity contribution in [3.63, 3.8) is 0 Å². The number of sulfonamides is 1. The van der Waals surface area contributed by atoms with Crippen LogP contribution in [0.2, 0.25) is 0 Å². The van der Waals surface area contributed by atoms with Gasteiger partial charge in [-0.05, 0) is 30.2 Å². The molecule has 3 aromatic carbocycles. The number of aryl methyl sites for hydroxylation is 1. The molecule has 0 aliphatic carbocycles. The van der Waals surface area contributed by atoms with Crippen molar-refractivity contribution < 1.29 is 13.3 Å². The van der Waals surface area contributed by atoms with Gasteiger partial charge in [0.05, 0.1) is 11.4 Å². The molecule has 29 heavy (non-hydrogen) atoms. The van der Waals surface area contributed by atoms with Crippen LogP contribution in [-0.2, 0) is 28.0 Å². The van der Waals surface area contributed by atoms with Crippen LogP contribution < -0.4 is 0 Å². The molecule has 5 nitrogen and oxygen atoms in total. The second kappa shape index (κ2) is 8.19. The second-order valence-electron chi connectivity index (χ2n) is 7.04. The first-order valence-corrected chi connectivity index (χ1v) is 10.9. The van der Waals surface area contributed by atoms with Gasteiger partial charge in [0.2, 0.25) is 10.0 Å². The number of hydrogen-bond donors (Lipinski definition) is 0. The summed E-state index contributed by atoms with van der Waals surface area (Å²) in [7, 11) is -3.63. The highest BCUT2D eigenvalue weighted by molar-refractivity contribution is 7.89. The Morgan fingerprint density at radius 3 is 2.34 bits per heavy atom. The predicted octanol–water partition coefficient (Wildman–Crippen LogP) is 4.12. The van der Waals surface area contributed by atoms with Gasteiger partial charge in [-0.2, -0.15) is 4.31 Å². The summed E-state index contributed by atoms with van der Waals surface area (Å²) in [6, 6.07) is 24.4. The van der Waals surface area contributed by atoms with Crippen LogP contribution in [0.5, 0.6) is 0 Å². The van der Waals surface area contributed by atoms with E-state index >= 15 is 0 Å². The molecule has 1 heterocycles. The van der Waals surface area contributed by atoms with Crippen molar-refractivity contribution >= 4 is 15.7 Å². The lowest BCUT2D eigenvalue weighted by molar-refractivity contribution is 0.129. The number of fused-ring (bicyclic) bond motifs is 1. The van der Waals surface area contributed by atoms with Crippen molar-refractivity contribution in [3.8, 4) is 0 Å². The molecule has 0 saturated carbocycles. The number of oxime groups is 1. The maximum Gasteiger partial charge on any atom is 0.243 e. The number of benzene rings is 3. The van der Waals surface area contributed by atoms with Gasteiger partial charge >= 0.3 is 0 Å². The van der Waals surface area contributed by atoms with Gasteiger partial charge < -0.3 is 4.84 Å². The van der Waals surface area contributed by atoms with E-state index in [9.17, 15) is 8.42 Å². The fourth-order valence-electron chi connectivity index (χ4n) is 3.30. The third-order valence-corrected chi connectivity index (χ3v) is 6.71. The molecule has 0 radical (unpaired) electrons. The Bertz CT molecular complexity index is 1120. The molecule has 0 aromatic heterocycles. The van der Waals surface area contributed by atoms with E-state index in [2.05, 4.69) is 5.16 Å². The van der Waals surface area contributed by atoms with Crippen molar-refractivity contribution in [1.29, 1.82) is 0 Å². The minimum atomic E-state index is -3.63. The first-order chi connectivity index (χ1) is 14.0. The lowest BCUT2D eigenvalue weighted by Crippen LogP contribution is -2.39. The van der Waals surface area contributed by atoms with Crippen LogP contribution in [0.25, 0.3) is 0 Å². The van der Waals surface area contributed by atoms with Gasteiger partial charge in [0, 0.05) is 12.1 Å². The second-order valence-corrected chi connectivity index (χ2v) is 8.98. The van der Waals surface area contributed by atoms with E-state index in [1.807, 2.05) is 73.7 Å². The number of rotatable bonds is 5. The van der Waals surface area contributed by atoms with Crippen LogP contribution in [-0.4, -0.2) is 25.0 Å². The van der Waals surface area contributed by atoms with E-state index in [0.717, 1.165) is 22.3 Å². The molecule has 0 bridgehead atoms.